The number of rotatable bonds is 2. The van der Waals surface area contributed by atoms with E-state index in [0.29, 0.717) is 32.6 Å². The van der Waals surface area contributed by atoms with E-state index >= 15 is 0 Å². The van der Waals surface area contributed by atoms with Crippen molar-refractivity contribution in [2.24, 2.45) is 0 Å². The van der Waals surface area contributed by atoms with Gasteiger partial charge in [0.25, 0.3) is 0 Å². The van der Waals surface area contributed by atoms with Crippen molar-refractivity contribution in [3.05, 3.63) is 63.3 Å². The summed E-state index contributed by atoms with van der Waals surface area (Å²) in [7, 11) is 1.52. The summed E-state index contributed by atoms with van der Waals surface area (Å²) in [5.74, 6) is 0.419. The maximum Gasteiger partial charge on any atom is 0.211 e. The molecule has 106 valence electrons. The summed E-state index contributed by atoms with van der Waals surface area (Å²) in [6.07, 6.45) is 1.69. The average Bonchev–Trinajstić information content (AvgIpc) is 2.76. The van der Waals surface area contributed by atoms with Gasteiger partial charge in [-0.15, -0.1) is 0 Å². The fourth-order valence-electron chi connectivity index (χ4n) is 2.30. The van der Waals surface area contributed by atoms with Gasteiger partial charge in [-0.3, -0.25) is 4.79 Å². The second-order valence-electron chi connectivity index (χ2n) is 4.57. The van der Waals surface area contributed by atoms with Crippen molar-refractivity contribution in [3.63, 3.8) is 0 Å². The van der Waals surface area contributed by atoms with Crippen LogP contribution >= 0.6 is 23.2 Å². The number of halogens is 2. The Morgan fingerprint density at radius 1 is 1.19 bits per heavy atom. The third-order valence-corrected chi connectivity index (χ3v) is 3.73. The minimum Gasteiger partial charge on any atom is -0.495 e. The number of methoxy groups -OCH3 is 1. The summed E-state index contributed by atoms with van der Waals surface area (Å²) in [5, 5.41) is 3.98. The molecule has 0 spiro atoms. The second kappa shape index (κ2) is 5.43. The van der Waals surface area contributed by atoms with E-state index in [2.05, 4.69) is 5.32 Å². The first-order valence-corrected chi connectivity index (χ1v) is 7.01. The lowest BCUT2D eigenvalue weighted by molar-refractivity contribution is 0.104. The molecule has 21 heavy (non-hydrogen) atoms. The molecule has 5 heteroatoms. The molecule has 0 amide bonds. The molecule has 2 aromatic rings. The Hall–Kier alpha value is -1.97. The molecule has 0 fully saturated rings. The van der Waals surface area contributed by atoms with E-state index in [9.17, 15) is 4.79 Å². The third kappa shape index (κ3) is 2.50. The monoisotopic (exact) mass is 319 g/mol. The molecule has 0 saturated heterocycles. The van der Waals surface area contributed by atoms with Gasteiger partial charge in [0, 0.05) is 21.8 Å². The summed E-state index contributed by atoms with van der Waals surface area (Å²) in [6.45, 7) is 0. The van der Waals surface area contributed by atoms with Crippen LogP contribution in [0.25, 0.3) is 6.08 Å². The van der Waals surface area contributed by atoms with Crippen molar-refractivity contribution < 1.29 is 9.53 Å². The molecule has 0 aliphatic carbocycles. The smallest absolute Gasteiger partial charge is 0.211 e. The summed E-state index contributed by atoms with van der Waals surface area (Å²) < 4.78 is 5.28. The van der Waals surface area contributed by atoms with Crippen molar-refractivity contribution in [2.45, 2.75) is 0 Å². The number of carbonyl (C=O) groups is 1. The second-order valence-corrected chi connectivity index (χ2v) is 5.41. The van der Waals surface area contributed by atoms with Crippen LogP contribution < -0.4 is 10.1 Å². The van der Waals surface area contributed by atoms with Gasteiger partial charge < -0.3 is 10.1 Å². The van der Waals surface area contributed by atoms with Gasteiger partial charge in [-0.2, -0.15) is 0 Å². The quantitative estimate of drug-likeness (QED) is 0.819. The number of ketones is 1. The fourth-order valence-corrected chi connectivity index (χ4v) is 2.88. The van der Waals surface area contributed by atoms with E-state index in [0.717, 1.165) is 5.69 Å². The Bertz CT molecular complexity index is 769. The van der Waals surface area contributed by atoms with Crippen molar-refractivity contribution in [2.75, 3.05) is 12.4 Å². The molecule has 2 aromatic carbocycles. The van der Waals surface area contributed by atoms with Crippen molar-refractivity contribution in [1.82, 2.24) is 0 Å². The van der Waals surface area contributed by atoms with Gasteiger partial charge in [0.1, 0.15) is 5.75 Å². The number of fused-ring (bicyclic) bond motifs is 1. The van der Waals surface area contributed by atoms with Crippen LogP contribution in [-0.4, -0.2) is 12.9 Å². The van der Waals surface area contributed by atoms with E-state index in [4.69, 9.17) is 27.9 Å². The van der Waals surface area contributed by atoms with Gasteiger partial charge in [0.2, 0.25) is 5.78 Å². The number of benzene rings is 2. The number of ether oxygens (including phenoxy) is 1. The maximum atomic E-state index is 12.3. The van der Waals surface area contributed by atoms with E-state index in [1.165, 1.54) is 7.11 Å². The van der Waals surface area contributed by atoms with Crippen LogP contribution in [-0.2, 0) is 0 Å². The highest BCUT2D eigenvalue weighted by molar-refractivity contribution is 6.36. The molecular weight excluding hydrogens is 309 g/mol. The predicted molar refractivity (Wildman–Crippen MR) is 85.4 cm³/mol. The normalized spacial score (nSPS) is 15.0. The highest BCUT2D eigenvalue weighted by atomic mass is 35.5. The number of hydrogen-bond acceptors (Lipinski definition) is 3. The zero-order valence-corrected chi connectivity index (χ0v) is 12.6. The molecule has 0 aromatic heterocycles. The molecule has 0 unspecified atom stereocenters. The van der Waals surface area contributed by atoms with Crippen LogP contribution in [0.5, 0.6) is 5.75 Å². The molecule has 0 bridgehead atoms. The lowest BCUT2D eigenvalue weighted by Crippen LogP contribution is -2.00. The Morgan fingerprint density at radius 3 is 2.67 bits per heavy atom. The highest BCUT2D eigenvalue weighted by Crippen LogP contribution is 2.35. The highest BCUT2D eigenvalue weighted by Gasteiger charge is 2.24. The molecule has 0 radical (unpaired) electrons. The molecule has 3 nitrogen and oxygen atoms in total. The Labute approximate surface area is 132 Å². The summed E-state index contributed by atoms with van der Waals surface area (Å²) >= 11 is 12.1. The predicted octanol–water partition coefficient (Wildman–Crippen LogP) is 4.65. The number of nitrogens with one attached hydrogen (secondary N) is 1. The Balaban J connectivity index is 2.07. The number of para-hydroxylation sites is 1. The largest absolute Gasteiger partial charge is 0.495 e. The molecule has 1 heterocycles. The molecule has 1 aliphatic rings. The summed E-state index contributed by atoms with van der Waals surface area (Å²) in [5.41, 5.74) is 2.56. The summed E-state index contributed by atoms with van der Waals surface area (Å²) in [6, 6.07) is 10.7. The van der Waals surface area contributed by atoms with Gasteiger partial charge in [-0.05, 0) is 30.3 Å². The van der Waals surface area contributed by atoms with Gasteiger partial charge in [0.05, 0.1) is 17.8 Å². The standard InChI is InChI=1S/C16H11Cl2NO2/c1-21-16-9(6-10(17)8-12(16)18)7-14-15(20)11-4-2-3-5-13(11)19-14/h2-8,19H,1H3/b14-7-. The Morgan fingerprint density at radius 2 is 1.95 bits per heavy atom. The van der Waals surface area contributed by atoms with E-state index in [1.54, 1.807) is 24.3 Å². The van der Waals surface area contributed by atoms with Gasteiger partial charge in [0.15, 0.2) is 0 Å². The van der Waals surface area contributed by atoms with Crippen LogP contribution in [0.2, 0.25) is 10.0 Å². The topological polar surface area (TPSA) is 38.3 Å². The lowest BCUT2D eigenvalue weighted by atomic mass is 10.1. The van der Waals surface area contributed by atoms with Crippen LogP contribution in [0.15, 0.2) is 42.1 Å². The number of hydrogen-bond donors (Lipinski definition) is 1. The zero-order chi connectivity index (χ0) is 15.0. The molecule has 3 rings (SSSR count). The SMILES string of the molecule is COc1c(Cl)cc(Cl)cc1/C=C1\Nc2ccccc2C1=O. The molecule has 1 N–H and O–H groups in total. The Kier molecular flexibility index (Phi) is 3.62. The first-order valence-electron chi connectivity index (χ1n) is 6.25. The first-order chi connectivity index (χ1) is 10.1. The number of Topliss-reactive ketones (excluding diaryl/α,β-unsaturated/α-hetero) is 1. The number of carbonyl (C=O) groups excluding carboxylic acids is 1. The van der Waals surface area contributed by atoms with Crippen LogP contribution in [0.4, 0.5) is 5.69 Å². The van der Waals surface area contributed by atoms with Crippen molar-refractivity contribution >= 4 is 40.7 Å². The lowest BCUT2D eigenvalue weighted by Gasteiger charge is -2.08. The molecule has 1 aliphatic heterocycles. The van der Waals surface area contributed by atoms with Crippen LogP contribution in [0.1, 0.15) is 15.9 Å². The third-order valence-electron chi connectivity index (χ3n) is 3.23. The zero-order valence-electron chi connectivity index (χ0n) is 11.1. The van der Waals surface area contributed by atoms with Crippen molar-refractivity contribution in [3.8, 4) is 5.75 Å². The van der Waals surface area contributed by atoms with E-state index in [-0.39, 0.29) is 5.78 Å². The first kappa shape index (κ1) is 14.0. The van der Waals surface area contributed by atoms with E-state index < -0.39 is 0 Å². The number of anilines is 1. The molecular formula is C16H11Cl2NO2. The van der Waals surface area contributed by atoms with Crippen molar-refractivity contribution in [1.29, 1.82) is 0 Å². The van der Waals surface area contributed by atoms with Gasteiger partial charge in [-0.25, -0.2) is 0 Å². The van der Waals surface area contributed by atoms with Gasteiger partial charge in [-0.1, -0.05) is 35.3 Å². The maximum absolute atomic E-state index is 12.3. The minimum absolute atomic E-state index is 0.0660. The molecule has 0 saturated carbocycles. The average molecular weight is 320 g/mol. The summed E-state index contributed by atoms with van der Waals surface area (Å²) in [4.78, 5) is 12.3. The minimum atomic E-state index is -0.0660. The van der Waals surface area contributed by atoms with Crippen LogP contribution in [0.3, 0.4) is 0 Å². The fraction of sp³-hybridized carbons (Fsp3) is 0.0625. The molecule has 0 atom stereocenters. The van der Waals surface area contributed by atoms with E-state index in [1.807, 2.05) is 18.2 Å². The van der Waals surface area contributed by atoms with Gasteiger partial charge >= 0.3 is 0 Å². The van der Waals surface area contributed by atoms with Crippen LogP contribution in [0, 0.1) is 0 Å². The number of allylic oxidation sites excluding steroid dienone is 1.